The fourth-order valence-corrected chi connectivity index (χ4v) is 8.68. The van der Waals surface area contributed by atoms with Crippen LogP contribution in [0.1, 0.15) is 78.6 Å². The smallest absolute Gasteiger partial charge is 0.303 e. The third-order valence-corrected chi connectivity index (χ3v) is 10.3. The molecular formula is C24H40O5. The largest absolute Gasteiger partial charge is 0.481 e. The first-order chi connectivity index (χ1) is 13.6. The second kappa shape index (κ2) is 7.49. The average Bonchev–Trinajstić information content (AvgIpc) is 3.01. The molecule has 4 aliphatic rings. The summed E-state index contributed by atoms with van der Waals surface area (Å²) in [5.41, 5.74) is -0.143. The molecule has 0 aromatic heterocycles. The third-order valence-electron chi connectivity index (χ3n) is 10.3. The van der Waals surface area contributed by atoms with E-state index < -0.39 is 12.1 Å². The number of hydrogen-bond acceptors (Lipinski definition) is 4. The van der Waals surface area contributed by atoms with E-state index in [1.54, 1.807) is 0 Å². The lowest BCUT2D eigenvalue weighted by Crippen LogP contribution is -2.62. The lowest BCUT2D eigenvalue weighted by Gasteiger charge is -2.63. The van der Waals surface area contributed by atoms with Crippen LogP contribution in [-0.2, 0) is 4.79 Å². The van der Waals surface area contributed by atoms with E-state index >= 15 is 0 Å². The summed E-state index contributed by atoms with van der Waals surface area (Å²) in [6, 6.07) is 0. The van der Waals surface area contributed by atoms with Crippen molar-refractivity contribution in [3.05, 3.63) is 0 Å². The molecule has 0 heterocycles. The van der Waals surface area contributed by atoms with Crippen molar-refractivity contribution in [1.82, 2.24) is 0 Å². The average molecular weight is 409 g/mol. The molecule has 0 unspecified atom stereocenters. The Morgan fingerprint density at radius 1 is 1.03 bits per heavy atom. The van der Waals surface area contributed by atoms with Gasteiger partial charge in [0.25, 0.3) is 0 Å². The maximum atomic E-state index is 11.5. The van der Waals surface area contributed by atoms with Crippen molar-refractivity contribution in [2.24, 2.45) is 46.3 Å². The number of rotatable bonds is 4. The predicted octanol–water partition coefficient (Wildman–Crippen LogP) is 3.45. The van der Waals surface area contributed by atoms with E-state index in [9.17, 15) is 20.1 Å². The van der Waals surface area contributed by atoms with Gasteiger partial charge < -0.3 is 20.4 Å². The van der Waals surface area contributed by atoms with E-state index in [4.69, 9.17) is 5.11 Å². The Hall–Kier alpha value is -0.650. The topological polar surface area (TPSA) is 98.0 Å². The van der Waals surface area contributed by atoms with Gasteiger partial charge in [-0.15, -0.1) is 0 Å². The van der Waals surface area contributed by atoms with Crippen molar-refractivity contribution >= 4 is 5.97 Å². The molecule has 4 aliphatic carbocycles. The van der Waals surface area contributed by atoms with Crippen LogP contribution in [0.5, 0.6) is 0 Å². The van der Waals surface area contributed by atoms with Gasteiger partial charge in [0.15, 0.2) is 0 Å². The Balaban J connectivity index is 1.61. The summed E-state index contributed by atoms with van der Waals surface area (Å²) in [6.45, 7) is 6.72. The molecule has 4 N–H and O–H groups in total. The summed E-state index contributed by atoms with van der Waals surface area (Å²) in [7, 11) is 0. The summed E-state index contributed by atoms with van der Waals surface area (Å²) in [5.74, 6) is 0.997. The van der Waals surface area contributed by atoms with Gasteiger partial charge in [0, 0.05) is 6.42 Å². The summed E-state index contributed by atoms with van der Waals surface area (Å²) in [6.07, 6.45) is 6.00. The summed E-state index contributed by atoms with van der Waals surface area (Å²) in [5, 5.41) is 42.0. The fourth-order valence-electron chi connectivity index (χ4n) is 8.68. The first-order valence-corrected chi connectivity index (χ1v) is 11.8. The molecular weight excluding hydrogens is 368 g/mol. The number of carbonyl (C=O) groups is 1. The molecule has 0 aliphatic heterocycles. The Morgan fingerprint density at radius 2 is 1.76 bits per heavy atom. The van der Waals surface area contributed by atoms with Gasteiger partial charge in [-0.3, -0.25) is 4.79 Å². The Labute approximate surface area is 174 Å². The molecule has 0 aromatic rings. The number of hydrogen-bond donors (Lipinski definition) is 4. The molecule has 166 valence electrons. The van der Waals surface area contributed by atoms with E-state index in [1.807, 2.05) is 0 Å². The molecule has 29 heavy (non-hydrogen) atoms. The molecule has 0 aromatic carbocycles. The quantitative estimate of drug-likeness (QED) is 0.571. The van der Waals surface area contributed by atoms with E-state index in [0.29, 0.717) is 30.1 Å². The normalized spacial score (nSPS) is 52.9. The molecule has 4 rings (SSSR count). The molecule has 5 heteroatoms. The number of aliphatic hydroxyl groups is 3. The van der Waals surface area contributed by atoms with Crippen molar-refractivity contribution < 1.29 is 25.2 Å². The van der Waals surface area contributed by atoms with Crippen LogP contribution >= 0.6 is 0 Å². The monoisotopic (exact) mass is 408 g/mol. The van der Waals surface area contributed by atoms with Crippen LogP contribution in [0.4, 0.5) is 0 Å². The molecule has 4 saturated carbocycles. The van der Waals surface area contributed by atoms with Crippen LogP contribution in [0, 0.1) is 46.3 Å². The highest BCUT2D eigenvalue weighted by atomic mass is 16.4. The number of aliphatic carboxylic acids is 1. The van der Waals surface area contributed by atoms with E-state index in [1.165, 1.54) is 0 Å². The first-order valence-electron chi connectivity index (χ1n) is 11.8. The summed E-state index contributed by atoms with van der Waals surface area (Å²) >= 11 is 0. The van der Waals surface area contributed by atoms with Crippen LogP contribution in [0.3, 0.4) is 0 Å². The van der Waals surface area contributed by atoms with Gasteiger partial charge in [-0.25, -0.2) is 0 Å². The molecule has 0 amide bonds. The van der Waals surface area contributed by atoms with Gasteiger partial charge >= 0.3 is 5.97 Å². The van der Waals surface area contributed by atoms with E-state index in [-0.39, 0.29) is 41.3 Å². The van der Waals surface area contributed by atoms with Gasteiger partial charge in [-0.1, -0.05) is 20.8 Å². The van der Waals surface area contributed by atoms with Crippen molar-refractivity contribution in [3.8, 4) is 0 Å². The molecule has 0 spiro atoms. The molecule has 11 atom stereocenters. The SMILES string of the molecule is C[C@H](CCC(=O)O)[C@H]1CC[C@H]2[C@H]3[C@H](O)C[C@@H]4C[C@H](O)CC[C@]4(C)[C@H]3C[C@H](O)[C@]12C. The number of carboxylic acids is 1. The molecule has 4 fully saturated rings. The van der Waals surface area contributed by atoms with Crippen LogP contribution in [0.15, 0.2) is 0 Å². The number of fused-ring (bicyclic) bond motifs is 5. The maximum absolute atomic E-state index is 11.5. The van der Waals surface area contributed by atoms with Gasteiger partial charge in [0.1, 0.15) is 0 Å². The minimum Gasteiger partial charge on any atom is -0.481 e. The van der Waals surface area contributed by atoms with Crippen LogP contribution in [0.25, 0.3) is 0 Å². The zero-order valence-corrected chi connectivity index (χ0v) is 18.3. The van der Waals surface area contributed by atoms with Crippen molar-refractivity contribution in [2.45, 2.75) is 96.9 Å². The van der Waals surface area contributed by atoms with Crippen LogP contribution in [0.2, 0.25) is 0 Å². The molecule has 0 saturated heterocycles. The first kappa shape index (κ1) is 21.6. The summed E-state index contributed by atoms with van der Waals surface area (Å²) in [4.78, 5) is 11.1. The lowest BCUT2D eigenvalue weighted by atomic mass is 9.43. The second-order valence-corrected chi connectivity index (χ2v) is 11.4. The standard InChI is InChI=1S/C24H40O5/c1-13(4-7-21(28)29)16-5-6-17-22-18(12-20(27)24(16,17)3)23(2)9-8-15(25)10-14(23)11-19(22)26/h13-20,22,25-27H,4-12H2,1-3H3,(H,28,29)/t13-,14+,15-,16-,17+,18+,19-,20+,22-,23+,24-/m1/s1. The molecule has 0 bridgehead atoms. The zero-order chi connectivity index (χ0) is 21.1. The Kier molecular flexibility index (Phi) is 5.57. The molecule has 0 radical (unpaired) electrons. The van der Waals surface area contributed by atoms with Gasteiger partial charge in [-0.05, 0) is 97.7 Å². The van der Waals surface area contributed by atoms with Gasteiger partial charge in [-0.2, -0.15) is 0 Å². The molecule has 5 nitrogen and oxygen atoms in total. The van der Waals surface area contributed by atoms with Crippen LogP contribution in [-0.4, -0.2) is 44.7 Å². The highest BCUT2D eigenvalue weighted by Crippen LogP contribution is 2.68. The van der Waals surface area contributed by atoms with Crippen molar-refractivity contribution in [2.75, 3.05) is 0 Å². The van der Waals surface area contributed by atoms with Crippen molar-refractivity contribution in [1.29, 1.82) is 0 Å². The zero-order valence-electron chi connectivity index (χ0n) is 18.3. The number of carboxylic acid groups (broad SMARTS) is 1. The van der Waals surface area contributed by atoms with Gasteiger partial charge in [0.2, 0.25) is 0 Å². The second-order valence-electron chi connectivity index (χ2n) is 11.4. The van der Waals surface area contributed by atoms with Gasteiger partial charge in [0.05, 0.1) is 18.3 Å². The highest BCUT2D eigenvalue weighted by Gasteiger charge is 2.65. The highest BCUT2D eigenvalue weighted by molar-refractivity contribution is 5.66. The predicted molar refractivity (Wildman–Crippen MR) is 110 cm³/mol. The lowest BCUT2D eigenvalue weighted by molar-refractivity contribution is -0.207. The maximum Gasteiger partial charge on any atom is 0.303 e. The van der Waals surface area contributed by atoms with E-state index in [0.717, 1.165) is 44.9 Å². The Bertz CT molecular complexity index is 637. The van der Waals surface area contributed by atoms with E-state index in [2.05, 4.69) is 20.8 Å². The summed E-state index contributed by atoms with van der Waals surface area (Å²) < 4.78 is 0. The Morgan fingerprint density at radius 3 is 2.45 bits per heavy atom. The minimum atomic E-state index is -0.748. The van der Waals surface area contributed by atoms with Crippen molar-refractivity contribution in [3.63, 3.8) is 0 Å². The fraction of sp³-hybridized carbons (Fsp3) is 0.958. The minimum absolute atomic E-state index is 0.0957. The van der Waals surface area contributed by atoms with Crippen LogP contribution < -0.4 is 0 Å². The third kappa shape index (κ3) is 3.27. The number of aliphatic hydroxyl groups excluding tert-OH is 3.